The van der Waals surface area contributed by atoms with Gasteiger partial charge < -0.3 is 26.6 Å². The highest BCUT2D eigenvalue weighted by Gasteiger charge is 2.28. The summed E-state index contributed by atoms with van der Waals surface area (Å²) in [6, 6.07) is 5.32. The van der Waals surface area contributed by atoms with Crippen molar-refractivity contribution in [3.63, 3.8) is 0 Å². The highest BCUT2D eigenvalue weighted by Crippen LogP contribution is 2.03. The molecule has 1 rings (SSSR count). The molecule has 9 nitrogen and oxygen atoms in total. The van der Waals surface area contributed by atoms with Crippen molar-refractivity contribution < 1.29 is 29.4 Å². The van der Waals surface area contributed by atoms with Gasteiger partial charge in [0.25, 0.3) is 0 Å². The fourth-order valence-corrected chi connectivity index (χ4v) is 2.00. The second-order valence-corrected chi connectivity index (χ2v) is 5.52. The molecule has 9 heteroatoms. The lowest BCUT2D eigenvalue weighted by molar-refractivity contribution is -0.143. The third-order valence-corrected chi connectivity index (χ3v) is 3.38. The molecule has 0 saturated carbocycles. The Balaban J connectivity index is 2.72. The van der Waals surface area contributed by atoms with Gasteiger partial charge in [0, 0.05) is 0 Å². The number of benzene rings is 1. The first-order valence-electron chi connectivity index (χ1n) is 7.55. The van der Waals surface area contributed by atoms with Crippen molar-refractivity contribution in [3.8, 4) is 0 Å². The molecule has 0 spiro atoms. The van der Waals surface area contributed by atoms with Gasteiger partial charge in [0.2, 0.25) is 11.8 Å². The summed E-state index contributed by atoms with van der Waals surface area (Å²) in [5, 5.41) is 22.1. The maximum Gasteiger partial charge on any atom is 0.325 e. The Bertz CT molecular complexity index is 634. The van der Waals surface area contributed by atoms with E-state index < -0.39 is 48.3 Å². The van der Waals surface area contributed by atoms with Crippen LogP contribution in [0, 0.1) is 0 Å². The summed E-state index contributed by atoms with van der Waals surface area (Å²) in [6.07, 6.45) is -0.485. The first-order valence-corrected chi connectivity index (χ1v) is 7.55. The van der Waals surface area contributed by atoms with Crippen LogP contribution in [-0.4, -0.2) is 52.1 Å². The fourth-order valence-electron chi connectivity index (χ4n) is 2.00. The van der Waals surface area contributed by atoms with Crippen molar-refractivity contribution in [3.05, 3.63) is 35.9 Å². The predicted molar refractivity (Wildman–Crippen MR) is 87.5 cm³/mol. The van der Waals surface area contributed by atoms with Crippen LogP contribution < -0.4 is 16.4 Å². The Morgan fingerprint density at radius 3 is 2.16 bits per heavy atom. The van der Waals surface area contributed by atoms with Gasteiger partial charge in [0.05, 0.1) is 12.5 Å². The van der Waals surface area contributed by atoms with Gasteiger partial charge >= 0.3 is 11.9 Å². The summed E-state index contributed by atoms with van der Waals surface area (Å²) in [4.78, 5) is 45.8. The van der Waals surface area contributed by atoms with E-state index in [2.05, 4.69) is 10.6 Å². The number of nitrogens with one attached hydrogen (secondary N) is 2. The molecule has 0 heterocycles. The van der Waals surface area contributed by atoms with Crippen molar-refractivity contribution >= 4 is 23.8 Å². The molecule has 25 heavy (non-hydrogen) atoms. The highest BCUT2D eigenvalue weighted by molar-refractivity contribution is 5.93. The Morgan fingerprint density at radius 1 is 1.04 bits per heavy atom. The molecule has 0 saturated heterocycles. The predicted octanol–water partition coefficient (Wildman–Crippen LogP) is -0.895. The van der Waals surface area contributed by atoms with Crippen LogP contribution in [0.15, 0.2) is 30.3 Å². The Labute approximate surface area is 144 Å². The number of carboxylic acids is 2. The fraction of sp³-hybridized carbons (Fsp3) is 0.375. The Hall–Kier alpha value is -2.94. The van der Waals surface area contributed by atoms with Crippen LogP contribution in [0.3, 0.4) is 0 Å². The zero-order valence-corrected chi connectivity index (χ0v) is 13.6. The second kappa shape index (κ2) is 9.38. The summed E-state index contributed by atoms with van der Waals surface area (Å²) < 4.78 is 0. The Kier molecular flexibility index (Phi) is 7.54. The number of amides is 2. The first kappa shape index (κ1) is 20.1. The molecule has 0 radical (unpaired) electrons. The number of nitrogens with two attached hydrogens (primary N) is 1. The van der Waals surface area contributed by atoms with E-state index in [1.165, 1.54) is 6.92 Å². The van der Waals surface area contributed by atoms with Crippen LogP contribution >= 0.6 is 0 Å². The molecule has 0 bridgehead atoms. The summed E-state index contributed by atoms with van der Waals surface area (Å²) in [6.45, 7) is 1.22. The zero-order valence-electron chi connectivity index (χ0n) is 13.6. The largest absolute Gasteiger partial charge is 0.481 e. The van der Waals surface area contributed by atoms with Gasteiger partial charge in [-0.05, 0) is 18.9 Å². The third kappa shape index (κ3) is 7.00. The molecular weight excluding hydrogens is 330 g/mol. The van der Waals surface area contributed by atoms with Crippen LogP contribution in [0.5, 0.6) is 0 Å². The monoisotopic (exact) mass is 351 g/mol. The van der Waals surface area contributed by atoms with Crippen molar-refractivity contribution in [1.82, 2.24) is 10.6 Å². The number of hydrogen-bond acceptors (Lipinski definition) is 5. The Morgan fingerprint density at radius 2 is 1.64 bits per heavy atom. The second-order valence-electron chi connectivity index (χ2n) is 5.52. The summed E-state index contributed by atoms with van der Waals surface area (Å²) in [5.74, 6) is -4.21. The van der Waals surface area contributed by atoms with Crippen LogP contribution in [-0.2, 0) is 25.6 Å². The molecule has 6 N–H and O–H groups in total. The van der Waals surface area contributed by atoms with Gasteiger partial charge in [0.1, 0.15) is 12.1 Å². The lowest BCUT2D eigenvalue weighted by Crippen LogP contribution is -2.54. The first-order chi connectivity index (χ1) is 11.7. The van der Waals surface area contributed by atoms with E-state index in [4.69, 9.17) is 15.9 Å². The molecule has 0 aromatic heterocycles. The molecule has 0 fully saturated rings. The number of carboxylic acid groups (broad SMARTS) is 2. The standard InChI is InChI=1S/C16H21N3O6/c1-9(16(24)25)18-15(23)12(8-13(20)21)19-14(22)11(17)7-10-5-3-2-4-6-10/h2-6,9,11-12H,7-8,17H2,1H3,(H,18,23)(H,19,22)(H,20,21)(H,24,25)/t9-,11-,12-/m0/s1. The van der Waals surface area contributed by atoms with E-state index >= 15 is 0 Å². The number of aliphatic carboxylic acids is 2. The topological polar surface area (TPSA) is 159 Å². The molecule has 0 aliphatic heterocycles. The summed E-state index contributed by atoms with van der Waals surface area (Å²) in [5.41, 5.74) is 6.60. The van der Waals surface area contributed by atoms with Gasteiger partial charge in [-0.15, -0.1) is 0 Å². The van der Waals surface area contributed by atoms with Gasteiger partial charge in [-0.3, -0.25) is 19.2 Å². The molecule has 2 amide bonds. The van der Waals surface area contributed by atoms with Crippen molar-refractivity contribution in [2.24, 2.45) is 5.73 Å². The van der Waals surface area contributed by atoms with E-state index in [0.29, 0.717) is 0 Å². The van der Waals surface area contributed by atoms with E-state index in [-0.39, 0.29) is 6.42 Å². The van der Waals surface area contributed by atoms with Crippen LogP contribution in [0.2, 0.25) is 0 Å². The minimum Gasteiger partial charge on any atom is -0.481 e. The molecule has 0 aliphatic carbocycles. The average molecular weight is 351 g/mol. The third-order valence-electron chi connectivity index (χ3n) is 3.38. The number of carbonyl (C=O) groups is 4. The number of carbonyl (C=O) groups excluding carboxylic acids is 2. The smallest absolute Gasteiger partial charge is 0.325 e. The summed E-state index contributed by atoms with van der Waals surface area (Å²) in [7, 11) is 0. The van der Waals surface area contributed by atoms with E-state index in [1.807, 2.05) is 6.07 Å². The summed E-state index contributed by atoms with van der Waals surface area (Å²) >= 11 is 0. The van der Waals surface area contributed by atoms with Crippen molar-refractivity contribution in [1.29, 1.82) is 0 Å². The minimum absolute atomic E-state index is 0.208. The van der Waals surface area contributed by atoms with E-state index in [1.54, 1.807) is 24.3 Å². The van der Waals surface area contributed by atoms with Gasteiger partial charge in [-0.2, -0.15) is 0 Å². The number of hydrogen-bond donors (Lipinski definition) is 5. The quantitative estimate of drug-likeness (QED) is 0.386. The van der Waals surface area contributed by atoms with Gasteiger partial charge in [0.15, 0.2) is 0 Å². The van der Waals surface area contributed by atoms with Gasteiger partial charge in [-0.1, -0.05) is 30.3 Å². The lowest BCUT2D eigenvalue weighted by Gasteiger charge is -2.20. The maximum atomic E-state index is 12.1. The number of rotatable bonds is 9. The molecule has 0 aliphatic rings. The molecule has 1 aromatic rings. The lowest BCUT2D eigenvalue weighted by atomic mass is 10.1. The molecule has 3 atom stereocenters. The zero-order chi connectivity index (χ0) is 19.0. The van der Waals surface area contributed by atoms with E-state index in [0.717, 1.165) is 5.56 Å². The maximum absolute atomic E-state index is 12.1. The SMILES string of the molecule is C[C@H](NC(=O)[C@H](CC(=O)O)NC(=O)[C@@H](N)Cc1ccccc1)C(=O)O. The van der Waals surface area contributed by atoms with Crippen LogP contribution in [0.4, 0.5) is 0 Å². The molecule has 1 aromatic carbocycles. The highest BCUT2D eigenvalue weighted by atomic mass is 16.4. The molecule has 136 valence electrons. The van der Waals surface area contributed by atoms with Crippen LogP contribution in [0.1, 0.15) is 18.9 Å². The molecular formula is C16H21N3O6. The average Bonchev–Trinajstić information content (AvgIpc) is 2.54. The molecule has 0 unspecified atom stereocenters. The minimum atomic E-state index is -1.42. The van der Waals surface area contributed by atoms with Gasteiger partial charge in [-0.25, -0.2) is 0 Å². The van der Waals surface area contributed by atoms with E-state index in [9.17, 15) is 19.2 Å². The van der Waals surface area contributed by atoms with Crippen molar-refractivity contribution in [2.45, 2.75) is 37.9 Å². The van der Waals surface area contributed by atoms with Crippen molar-refractivity contribution in [2.75, 3.05) is 0 Å². The van der Waals surface area contributed by atoms with Crippen LogP contribution in [0.25, 0.3) is 0 Å². The normalized spacial score (nSPS) is 14.0.